The molecule has 0 bridgehead atoms. The molecule has 0 unspecified atom stereocenters. The number of halogens is 1. The number of anilines is 1. The summed E-state index contributed by atoms with van der Waals surface area (Å²) in [5, 5.41) is 14.4. The molecule has 116 valence electrons. The Morgan fingerprint density at radius 3 is 3.05 bits per heavy atom. The fourth-order valence-electron chi connectivity index (χ4n) is 2.75. The zero-order chi connectivity index (χ0) is 15.4. The van der Waals surface area contributed by atoms with Crippen molar-refractivity contribution in [2.45, 2.75) is 32.7 Å². The van der Waals surface area contributed by atoms with Crippen LogP contribution in [0.4, 0.5) is 11.5 Å². The van der Waals surface area contributed by atoms with Crippen LogP contribution in [-0.4, -0.2) is 40.5 Å². The first kappa shape index (κ1) is 16.0. The molecule has 2 rings (SSSR count). The van der Waals surface area contributed by atoms with Crippen LogP contribution in [0.3, 0.4) is 0 Å². The van der Waals surface area contributed by atoms with Crippen LogP contribution in [0.1, 0.15) is 26.7 Å². The number of hydrogen-bond acceptors (Lipinski definition) is 5. The van der Waals surface area contributed by atoms with Gasteiger partial charge in [-0.3, -0.25) is 15.0 Å². The van der Waals surface area contributed by atoms with E-state index < -0.39 is 4.92 Å². The van der Waals surface area contributed by atoms with Crippen molar-refractivity contribution >= 4 is 23.1 Å². The summed E-state index contributed by atoms with van der Waals surface area (Å²) in [7, 11) is 0. The molecule has 6 nitrogen and oxygen atoms in total. The number of rotatable bonds is 6. The lowest BCUT2D eigenvalue weighted by Gasteiger charge is -2.26. The van der Waals surface area contributed by atoms with E-state index >= 15 is 0 Å². The molecule has 0 radical (unpaired) electrons. The second kappa shape index (κ2) is 7.04. The topological polar surface area (TPSA) is 71.3 Å². The van der Waals surface area contributed by atoms with Crippen molar-refractivity contribution in [3.63, 3.8) is 0 Å². The molecule has 1 N–H and O–H groups in total. The van der Waals surface area contributed by atoms with Crippen LogP contribution in [0.2, 0.25) is 5.02 Å². The van der Waals surface area contributed by atoms with Gasteiger partial charge in [-0.15, -0.1) is 0 Å². The van der Waals surface area contributed by atoms with E-state index in [1.807, 2.05) is 0 Å². The van der Waals surface area contributed by atoms with Gasteiger partial charge in [-0.2, -0.15) is 0 Å². The molecule has 0 aromatic carbocycles. The fourth-order valence-corrected chi connectivity index (χ4v) is 2.91. The smallest absolute Gasteiger partial charge is 0.312 e. The Balaban J connectivity index is 2.01. The van der Waals surface area contributed by atoms with Crippen LogP contribution >= 0.6 is 11.6 Å². The number of hydrogen-bond donors (Lipinski definition) is 1. The summed E-state index contributed by atoms with van der Waals surface area (Å²) in [5.41, 5.74) is -0.0732. The zero-order valence-electron chi connectivity index (χ0n) is 12.4. The van der Waals surface area contributed by atoms with Crippen LogP contribution < -0.4 is 5.32 Å². The van der Waals surface area contributed by atoms with E-state index in [0.717, 1.165) is 19.5 Å². The molecule has 2 heterocycles. The van der Waals surface area contributed by atoms with Crippen LogP contribution in [0.25, 0.3) is 0 Å². The van der Waals surface area contributed by atoms with Gasteiger partial charge in [0, 0.05) is 31.4 Å². The van der Waals surface area contributed by atoms with Gasteiger partial charge in [0.1, 0.15) is 0 Å². The molecular formula is C14H21ClN4O2. The molecule has 1 aliphatic heterocycles. The Morgan fingerprint density at radius 1 is 1.62 bits per heavy atom. The van der Waals surface area contributed by atoms with Crippen molar-refractivity contribution in [3.8, 4) is 0 Å². The molecular weight excluding hydrogens is 292 g/mol. The summed E-state index contributed by atoms with van der Waals surface area (Å²) in [6, 6.07) is 1.74. The van der Waals surface area contributed by atoms with E-state index in [-0.39, 0.29) is 10.7 Å². The van der Waals surface area contributed by atoms with Gasteiger partial charge in [-0.1, -0.05) is 25.4 Å². The molecule has 1 aromatic heterocycles. The van der Waals surface area contributed by atoms with Crippen LogP contribution in [0.5, 0.6) is 0 Å². The number of nitro groups is 1. The molecule has 1 aliphatic rings. The largest absolute Gasteiger partial charge is 0.363 e. The maximum atomic E-state index is 11.0. The highest BCUT2D eigenvalue weighted by Crippen LogP contribution is 2.26. The Labute approximate surface area is 129 Å². The van der Waals surface area contributed by atoms with Gasteiger partial charge < -0.3 is 5.32 Å². The van der Waals surface area contributed by atoms with E-state index in [1.54, 1.807) is 0 Å². The molecule has 21 heavy (non-hydrogen) atoms. The Morgan fingerprint density at radius 2 is 2.38 bits per heavy atom. The molecule has 0 aliphatic carbocycles. The van der Waals surface area contributed by atoms with Gasteiger partial charge in [-0.25, -0.2) is 4.98 Å². The third-order valence-electron chi connectivity index (χ3n) is 3.63. The first-order chi connectivity index (χ1) is 9.97. The third kappa shape index (κ3) is 4.28. The van der Waals surface area contributed by atoms with Gasteiger partial charge in [0.05, 0.1) is 9.95 Å². The molecule has 1 atom stereocenters. The predicted molar refractivity (Wildman–Crippen MR) is 83.8 cm³/mol. The summed E-state index contributed by atoms with van der Waals surface area (Å²) in [6.07, 6.45) is 3.72. The number of aromatic nitrogens is 1. The van der Waals surface area contributed by atoms with Gasteiger partial charge in [0.2, 0.25) is 5.82 Å². The summed E-state index contributed by atoms with van der Waals surface area (Å²) in [4.78, 5) is 17.1. The minimum atomic E-state index is -0.457. The lowest BCUT2D eigenvalue weighted by Crippen LogP contribution is -2.37. The monoisotopic (exact) mass is 312 g/mol. The van der Waals surface area contributed by atoms with E-state index in [0.29, 0.717) is 24.3 Å². The molecule has 0 amide bonds. The van der Waals surface area contributed by atoms with Gasteiger partial charge >= 0.3 is 5.69 Å². The minimum absolute atomic E-state index is 0.0732. The Bertz CT molecular complexity index is 510. The van der Waals surface area contributed by atoms with Crippen LogP contribution in [0.15, 0.2) is 12.3 Å². The summed E-state index contributed by atoms with van der Waals surface area (Å²) >= 11 is 5.77. The van der Waals surface area contributed by atoms with Crippen molar-refractivity contribution in [2.75, 3.05) is 25.0 Å². The number of nitrogens with one attached hydrogen (secondary N) is 1. The Hall–Kier alpha value is -1.40. The van der Waals surface area contributed by atoms with E-state index in [2.05, 4.69) is 29.0 Å². The van der Waals surface area contributed by atoms with Crippen molar-refractivity contribution in [1.29, 1.82) is 0 Å². The lowest BCUT2D eigenvalue weighted by atomic mass is 10.1. The molecule has 7 heteroatoms. The first-order valence-corrected chi connectivity index (χ1v) is 7.63. The second-order valence-electron chi connectivity index (χ2n) is 5.84. The average Bonchev–Trinajstić information content (AvgIpc) is 2.83. The first-order valence-electron chi connectivity index (χ1n) is 7.25. The fraction of sp³-hybridized carbons (Fsp3) is 0.643. The quantitative estimate of drug-likeness (QED) is 0.645. The highest BCUT2D eigenvalue weighted by atomic mass is 35.5. The number of likely N-dealkylation sites (tertiary alicyclic amines) is 1. The Kier molecular flexibility index (Phi) is 5.36. The second-order valence-corrected chi connectivity index (χ2v) is 6.28. The molecule has 0 saturated carbocycles. The zero-order valence-corrected chi connectivity index (χ0v) is 13.1. The predicted octanol–water partition coefficient (Wildman–Crippen LogP) is 3.18. The average molecular weight is 313 g/mol. The maximum Gasteiger partial charge on any atom is 0.312 e. The van der Waals surface area contributed by atoms with Crippen LogP contribution in [0, 0.1) is 16.0 Å². The van der Waals surface area contributed by atoms with Crippen LogP contribution in [-0.2, 0) is 0 Å². The van der Waals surface area contributed by atoms with Gasteiger partial charge in [-0.05, 0) is 25.3 Å². The third-order valence-corrected chi connectivity index (χ3v) is 3.84. The summed E-state index contributed by atoms with van der Waals surface area (Å²) in [5.74, 6) is 0.911. The molecule has 1 fully saturated rings. The van der Waals surface area contributed by atoms with Crippen molar-refractivity contribution in [2.24, 2.45) is 5.92 Å². The SMILES string of the molecule is CC(C)CN1CCC[C@@H]1CNc1ncc(Cl)cc1[N+](=O)[O-]. The summed E-state index contributed by atoms with van der Waals surface area (Å²) in [6.45, 7) is 7.23. The van der Waals surface area contributed by atoms with Crippen molar-refractivity contribution < 1.29 is 4.92 Å². The highest BCUT2D eigenvalue weighted by molar-refractivity contribution is 6.30. The standard InChI is InChI=1S/C14H21ClN4O2/c1-10(2)9-18-5-3-4-12(18)8-17-14-13(19(20)21)6-11(15)7-16-14/h6-7,10,12H,3-5,8-9H2,1-2H3,(H,16,17)/t12-/m1/s1. The van der Waals surface area contributed by atoms with E-state index in [1.165, 1.54) is 18.7 Å². The summed E-state index contributed by atoms with van der Waals surface area (Å²) < 4.78 is 0. The van der Waals surface area contributed by atoms with Gasteiger partial charge in [0.25, 0.3) is 0 Å². The van der Waals surface area contributed by atoms with Crippen molar-refractivity contribution in [1.82, 2.24) is 9.88 Å². The van der Waals surface area contributed by atoms with Gasteiger partial charge in [0.15, 0.2) is 0 Å². The normalized spacial score (nSPS) is 19.1. The lowest BCUT2D eigenvalue weighted by molar-refractivity contribution is -0.384. The number of pyridine rings is 1. The van der Waals surface area contributed by atoms with Crippen molar-refractivity contribution in [3.05, 3.63) is 27.4 Å². The molecule has 1 saturated heterocycles. The van der Waals surface area contributed by atoms with E-state index in [9.17, 15) is 10.1 Å². The number of nitrogens with zero attached hydrogens (tertiary/aromatic N) is 3. The highest BCUT2D eigenvalue weighted by Gasteiger charge is 2.25. The maximum absolute atomic E-state index is 11.0. The molecule has 0 spiro atoms. The molecule has 1 aromatic rings. The van der Waals surface area contributed by atoms with E-state index in [4.69, 9.17) is 11.6 Å². The minimum Gasteiger partial charge on any atom is -0.363 e.